The number of carbonyl (C=O) groups excluding carboxylic acids is 1. The first-order chi connectivity index (χ1) is 9.72. The van der Waals surface area contributed by atoms with Crippen molar-refractivity contribution in [1.82, 2.24) is 0 Å². The molecule has 1 rings (SSSR count). The third kappa shape index (κ3) is 4.16. The van der Waals surface area contributed by atoms with E-state index >= 15 is 0 Å². The molecule has 1 unspecified atom stereocenters. The van der Waals surface area contributed by atoms with Crippen molar-refractivity contribution < 1.29 is 29.5 Å². The summed E-state index contributed by atoms with van der Waals surface area (Å²) in [6, 6.07) is 1.49. The zero-order chi connectivity index (χ0) is 16.2. The van der Waals surface area contributed by atoms with Gasteiger partial charge in [-0.2, -0.15) is 0 Å². The predicted octanol–water partition coefficient (Wildman–Crippen LogP) is 0.0335. The number of nitro benzene ring substituents is 1. The van der Waals surface area contributed by atoms with Gasteiger partial charge in [-0.05, 0) is 12.1 Å². The molecule has 0 radical (unpaired) electrons. The standard InChI is InChI=1S/C11H11N3O7/c12-10(17)5-1-2-8(14(20)21)6(3-5)13-7(11(18)19)4-9(15)16/h1-3,7,13H,4H2,(H2,12,17)(H,15,16)(H,18,19). The molecule has 10 nitrogen and oxygen atoms in total. The molecule has 0 aliphatic rings. The van der Waals surface area contributed by atoms with Crippen molar-refractivity contribution in [3.05, 3.63) is 33.9 Å². The van der Waals surface area contributed by atoms with Gasteiger partial charge in [0.05, 0.1) is 11.3 Å². The van der Waals surface area contributed by atoms with Crippen LogP contribution in [0, 0.1) is 10.1 Å². The molecule has 1 atom stereocenters. The van der Waals surface area contributed by atoms with Crippen LogP contribution in [0.4, 0.5) is 11.4 Å². The highest BCUT2D eigenvalue weighted by atomic mass is 16.6. The fraction of sp³-hybridized carbons (Fsp3) is 0.182. The Bertz CT molecular complexity index is 614. The molecule has 0 saturated heterocycles. The van der Waals surface area contributed by atoms with Crippen LogP contribution in [0.2, 0.25) is 0 Å². The second-order valence-electron chi connectivity index (χ2n) is 3.99. The van der Waals surface area contributed by atoms with Crippen LogP contribution in [0.5, 0.6) is 0 Å². The average Bonchev–Trinajstić information content (AvgIpc) is 2.36. The molecule has 1 aromatic rings. The van der Waals surface area contributed by atoms with Gasteiger partial charge in [0, 0.05) is 11.6 Å². The molecule has 0 bridgehead atoms. The number of hydrogen-bond donors (Lipinski definition) is 4. The summed E-state index contributed by atoms with van der Waals surface area (Å²) in [5, 5.41) is 30.6. The zero-order valence-electron chi connectivity index (χ0n) is 10.5. The van der Waals surface area contributed by atoms with E-state index in [1.807, 2.05) is 0 Å². The lowest BCUT2D eigenvalue weighted by Gasteiger charge is -2.14. The van der Waals surface area contributed by atoms with Crippen LogP contribution in [-0.4, -0.2) is 39.0 Å². The first kappa shape index (κ1) is 15.9. The number of anilines is 1. The largest absolute Gasteiger partial charge is 0.481 e. The monoisotopic (exact) mass is 297 g/mol. The van der Waals surface area contributed by atoms with E-state index in [2.05, 4.69) is 5.32 Å². The third-order valence-corrected chi connectivity index (χ3v) is 2.48. The van der Waals surface area contributed by atoms with Gasteiger partial charge in [0.25, 0.3) is 5.69 Å². The number of nitrogens with two attached hydrogens (primary N) is 1. The minimum absolute atomic E-state index is 0.0810. The molecule has 0 saturated carbocycles. The topological polar surface area (TPSA) is 173 Å². The average molecular weight is 297 g/mol. The number of nitro groups is 1. The van der Waals surface area contributed by atoms with Gasteiger partial charge in [-0.3, -0.25) is 19.7 Å². The summed E-state index contributed by atoms with van der Waals surface area (Å²) < 4.78 is 0. The summed E-state index contributed by atoms with van der Waals surface area (Å²) >= 11 is 0. The van der Waals surface area contributed by atoms with Gasteiger partial charge in [-0.1, -0.05) is 0 Å². The van der Waals surface area contributed by atoms with Crippen molar-refractivity contribution in [2.75, 3.05) is 5.32 Å². The molecule has 0 aliphatic carbocycles. The van der Waals surface area contributed by atoms with Crippen molar-refractivity contribution in [2.24, 2.45) is 5.73 Å². The second-order valence-corrected chi connectivity index (χ2v) is 3.99. The molecule has 0 spiro atoms. The number of amides is 1. The summed E-state index contributed by atoms with van der Waals surface area (Å²) in [4.78, 5) is 42.6. The summed E-state index contributed by atoms with van der Waals surface area (Å²) in [5.74, 6) is -3.77. The maximum atomic E-state index is 11.0. The number of benzene rings is 1. The lowest BCUT2D eigenvalue weighted by atomic mass is 10.1. The molecular formula is C11H11N3O7. The van der Waals surface area contributed by atoms with E-state index in [0.717, 1.165) is 18.2 Å². The van der Waals surface area contributed by atoms with E-state index in [9.17, 15) is 24.5 Å². The quantitative estimate of drug-likeness (QED) is 0.403. The Morgan fingerprint density at radius 3 is 2.38 bits per heavy atom. The second kappa shape index (κ2) is 6.32. The lowest BCUT2D eigenvalue weighted by molar-refractivity contribution is -0.384. The Kier molecular flexibility index (Phi) is 4.78. The first-order valence-electron chi connectivity index (χ1n) is 5.51. The normalized spacial score (nSPS) is 11.4. The van der Waals surface area contributed by atoms with Gasteiger partial charge >= 0.3 is 11.9 Å². The summed E-state index contributed by atoms with van der Waals surface area (Å²) in [5.41, 5.74) is 4.15. The number of aliphatic carboxylic acids is 2. The van der Waals surface area contributed by atoms with Crippen LogP contribution in [0.3, 0.4) is 0 Å². The molecule has 0 fully saturated rings. The van der Waals surface area contributed by atoms with Crippen molar-refractivity contribution in [3.63, 3.8) is 0 Å². The number of hydrogen-bond acceptors (Lipinski definition) is 6. The van der Waals surface area contributed by atoms with Gasteiger partial charge in [0.15, 0.2) is 0 Å². The summed E-state index contributed by atoms with van der Waals surface area (Å²) in [6.45, 7) is 0. The lowest BCUT2D eigenvalue weighted by Crippen LogP contribution is -2.32. The van der Waals surface area contributed by atoms with Gasteiger partial charge in [0.1, 0.15) is 11.7 Å². The van der Waals surface area contributed by atoms with Crippen molar-refractivity contribution in [1.29, 1.82) is 0 Å². The number of rotatable bonds is 7. The number of carbonyl (C=O) groups is 3. The highest BCUT2D eigenvalue weighted by Crippen LogP contribution is 2.26. The minimum atomic E-state index is -1.59. The third-order valence-electron chi connectivity index (χ3n) is 2.48. The van der Waals surface area contributed by atoms with Gasteiger partial charge in [-0.15, -0.1) is 0 Å². The Balaban J connectivity index is 3.21. The Morgan fingerprint density at radius 1 is 1.33 bits per heavy atom. The van der Waals surface area contributed by atoms with Gasteiger partial charge in [0.2, 0.25) is 5.91 Å². The summed E-state index contributed by atoms with van der Waals surface area (Å²) in [7, 11) is 0. The molecule has 0 aliphatic heterocycles. The van der Waals surface area contributed by atoms with E-state index < -0.39 is 40.9 Å². The number of carboxylic acid groups (broad SMARTS) is 2. The van der Waals surface area contributed by atoms with E-state index in [0.29, 0.717) is 0 Å². The van der Waals surface area contributed by atoms with Crippen molar-refractivity contribution in [2.45, 2.75) is 12.5 Å². The van der Waals surface area contributed by atoms with Crippen LogP contribution in [-0.2, 0) is 9.59 Å². The molecule has 10 heteroatoms. The van der Waals surface area contributed by atoms with Crippen LogP contribution < -0.4 is 11.1 Å². The number of primary amides is 1. The molecule has 0 heterocycles. The maximum absolute atomic E-state index is 11.0. The molecule has 1 aromatic carbocycles. The molecule has 0 aromatic heterocycles. The van der Waals surface area contributed by atoms with Gasteiger partial charge < -0.3 is 21.3 Å². The Morgan fingerprint density at radius 2 is 1.95 bits per heavy atom. The van der Waals surface area contributed by atoms with E-state index in [1.165, 1.54) is 0 Å². The zero-order valence-corrected chi connectivity index (χ0v) is 10.5. The van der Waals surface area contributed by atoms with Crippen LogP contribution in [0.25, 0.3) is 0 Å². The number of carboxylic acids is 2. The highest BCUT2D eigenvalue weighted by molar-refractivity contribution is 5.95. The maximum Gasteiger partial charge on any atom is 0.326 e. The Labute approximate surface area is 117 Å². The van der Waals surface area contributed by atoms with Crippen LogP contribution >= 0.6 is 0 Å². The van der Waals surface area contributed by atoms with E-state index in [4.69, 9.17) is 15.9 Å². The SMILES string of the molecule is NC(=O)c1ccc([N+](=O)[O-])c(NC(CC(=O)O)C(=O)O)c1. The van der Waals surface area contributed by atoms with Crippen molar-refractivity contribution in [3.8, 4) is 0 Å². The summed E-state index contributed by atoms with van der Waals surface area (Å²) in [6.07, 6.45) is -0.798. The molecule has 5 N–H and O–H groups in total. The molecular weight excluding hydrogens is 286 g/mol. The Hall–Kier alpha value is -3.17. The van der Waals surface area contributed by atoms with E-state index in [-0.39, 0.29) is 11.3 Å². The number of nitrogens with zero attached hydrogens (tertiary/aromatic N) is 1. The molecule has 1 amide bonds. The highest BCUT2D eigenvalue weighted by Gasteiger charge is 2.25. The van der Waals surface area contributed by atoms with E-state index in [1.54, 1.807) is 0 Å². The van der Waals surface area contributed by atoms with Crippen molar-refractivity contribution >= 4 is 29.2 Å². The smallest absolute Gasteiger partial charge is 0.326 e. The van der Waals surface area contributed by atoms with Crippen LogP contribution in [0.1, 0.15) is 16.8 Å². The fourth-order valence-electron chi connectivity index (χ4n) is 1.53. The fourth-order valence-corrected chi connectivity index (χ4v) is 1.53. The minimum Gasteiger partial charge on any atom is -0.481 e. The molecule has 112 valence electrons. The molecule has 21 heavy (non-hydrogen) atoms. The first-order valence-corrected chi connectivity index (χ1v) is 5.51. The number of nitrogens with one attached hydrogen (secondary N) is 1. The van der Waals surface area contributed by atoms with Crippen LogP contribution in [0.15, 0.2) is 18.2 Å². The predicted molar refractivity (Wildman–Crippen MR) is 68.9 cm³/mol. The van der Waals surface area contributed by atoms with Gasteiger partial charge in [-0.25, -0.2) is 4.79 Å².